The van der Waals surface area contributed by atoms with E-state index in [-0.39, 0.29) is 21.9 Å². The van der Waals surface area contributed by atoms with Gasteiger partial charge in [-0.2, -0.15) is 13.2 Å². The maximum Gasteiger partial charge on any atom is 0.434 e. The molecule has 0 aliphatic carbocycles. The molecule has 0 saturated heterocycles. The Morgan fingerprint density at radius 2 is 1.52 bits per heavy atom. The Balaban J connectivity index is 2.33. The molecule has 0 N–H and O–H groups in total. The zero-order chi connectivity index (χ0) is 21.4. The van der Waals surface area contributed by atoms with E-state index in [0.717, 1.165) is 10.7 Å². The molecule has 1 heterocycles. The second kappa shape index (κ2) is 7.79. The van der Waals surface area contributed by atoms with E-state index in [1.165, 1.54) is 37.4 Å². The molecule has 0 amide bonds. The van der Waals surface area contributed by atoms with Crippen molar-refractivity contribution in [3.8, 4) is 28.1 Å². The Bertz CT molecular complexity index is 1140. The Kier molecular flexibility index (Phi) is 5.73. The van der Waals surface area contributed by atoms with Crippen molar-refractivity contribution in [3.63, 3.8) is 0 Å². The average Bonchev–Trinajstić information content (AvgIpc) is 2.66. The van der Waals surface area contributed by atoms with Crippen LogP contribution in [-0.4, -0.2) is 26.8 Å². The third-order valence-electron chi connectivity index (χ3n) is 4.20. The summed E-state index contributed by atoms with van der Waals surface area (Å²) in [6.45, 7) is 0. The van der Waals surface area contributed by atoms with Crippen LogP contribution in [0.2, 0.25) is 0 Å². The number of benzene rings is 2. The first kappa shape index (κ1) is 21.3. The third-order valence-corrected chi connectivity index (χ3v) is 5.86. The minimum absolute atomic E-state index is 0.0727. The maximum atomic E-state index is 13.8. The number of alkyl halides is 3. The summed E-state index contributed by atoms with van der Waals surface area (Å²) < 4.78 is 70.6. The van der Waals surface area contributed by atoms with Gasteiger partial charge >= 0.3 is 6.18 Å². The van der Waals surface area contributed by atoms with E-state index in [0.29, 0.717) is 11.1 Å². The highest BCUT2D eigenvalue weighted by atomic mass is 79.9. The van der Waals surface area contributed by atoms with Crippen LogP contribution in [0.3, 0.4) is 0 Å². The van der Waals surface area contributed by atoms with Crippen LogP contribution in [0.4, 0.5) is 13.2 Å². The summed E-state index contributed by atoms with van der Waals surface area (Å²) in [5.74, 6) is -0.194. The van der Waals surface area contributed by atoms with Crippen molar-refractivity contribution in [2.45, 2.75) is 11.1 Å². The summed E-state index contributed by atoms with van der Waals surface area (Å²) in [6.07, 6.45) is -3.66. The molecule has 0 spiro atoms. The lowest BCUT2D eigenvalue weighted by Crippen LogP contribution is -2.12. The minimum Gasteiger partial charge on any atom is -0.481 e. The lowest BCUT2D eigenvalue weighted by molar-refractivity contribution is -0.140. The monoisotopic (exact) mass is 485 g/mol. The van der Waals surface area contributed by atoms with Crippen LogP contribution >= 0.6 is 15.9 Å². The summed E-state index contributed by atoms with van der Waals surface area (Å²) in [4.78, 5) is 3.72. The van der Waals surface area contributed by atoms with E-state index >= 15 is 0 Å². The Labute approximate surface area is 174 Å². The van der Waals surface area contributed by atoms with Crippen LogP contribution in [0.25, 0.3) is 22.3 Å². The maximum absolute atomic E-state index is 13.8. The second-order valence-corrected chi connectivity index (χ2v) is 9.17. The van der Waals surface area contributed by atoms with Gasteiger partial charge in [0.15, 0.2) is 15.5 Å². The van der Waals surface area contributed by atoms with Gasteiger partial charge in [-0.05, 0) is 41.0 Å². The highest BCUT2D eigenvalue weighted by Gasteiger charge is 2.38. The zero-order valence-corrected chi connectivity index (χ0v) is 17.7. The van der Waals surface area contributed by atoms with Crippen molar-refractivity contribution >= 4 is 25.8 Å². The van der Waals surface area contributed by atoms with Crippen LogP contribution in [-0.2, 0) is 16.0 Å². The van der Waals surface area contributed by atoms with Gasteiger partial charge in [0.05, 0.1) is 12.0 Å². The van der Waals surface area contributed by atoms with Crippen molar-refractivity contribution < 1.29 is 26.3 Å². The van der Waals surface area contributed by atoms with Crippen molar-refractivity contribution in [1.82, 2.24) is 4.98 Å². The number of pyridine rings is 1. The number of hydrogen-bond donors (Lipinski definition) is 0. The van der Waals surface area contributed by atoms with E-state index in [2.05, 4.69) is 20.9 Å². The van der Waals surface area contributed by atoms with Crippen LogP contribution < -0.4 is 4.74 Å². The molecule has 152 valence electrons. The van der Waals surface area contributed by atoms with Gasteiger partial charge in [-0.1, -0.05) is 40.2 Å². The molecule has 0 radical (unpaired) electrons. The molecule has 4 nitrogen and oxygen atoms in total. The SMILES string of the molecule is COc1cc(-c2ccc(S(C)(=O)=O)cc2)c(-c2ccc(Br)cc2)c(C(F)(F)F)n1. The first-order chi connectivity index (χ1) is 13.5. The molecule has 0 aliphatic heterocycles. The highest BCUT2D eigenvalue weighted by Crippen LogP contribution is 2.43. The molecule has 1 aromatic heterocycles. The first-order valence-electron chi connectivity index (χ1n) is 8.23. The van der Waals surface area contributed by atoms with Crippen LogP contribution in [0.5, 0.6) is 5.88 Å². The van der Waals surface area contributed by atoms with E-state index < -0.39 is 21.7 Å². The lowest BCUT2D eigenvalue weighted by atomic mass is 9.93. The molecule has 0 bridgehead atoms. The number of sulfone groups is 1. The predicted octanol–water partition coefficient (Wildman–Crippen LogP) is 5.61. The fraction of sp³-hybridized carbons (Fsp3) is 0.150. The smallest absolute Gasteiger partial charge is 0.434 e. The van der Waals surface area contributed by atoms with Gasteiger partial charge in [0, 0.05) is 22.4 Å². The average molecular weight is 486 g/mol. The molecule has 29 heavy (non-hydrogen) atoms. The van der Waals surface area contributed by atoms with Gasteiger partial charge in [0.25, 0.3) is 0 Å². The van der Waals surface area contributed by atoms with Gasteiger partial charge in [0.2, 0.25) is 5.88 Å². The topological polar surface area (TPSA) is 56.3 Å². The first-order valence-corrected chi connectivity index (χ1v) is 10.9. The lowest BCUT2D eigenvalue weighted by Gasteiger charge is -2.18. The summed E-state index contributed by atoms with van der Waals surface area (Å²) >= 11 is 3.27. The van der Waals surface area contributed by atoms with E-state index in [1.807, 2.05) is 0 Å². The van der Waals surface area contributed by atoms with Crippen molar-refractivity contribution in [1.29, 1.82) is 0 Å². The molecule has 0 unspecified atom stereocenters. The second-order valence-electron chi connectivity index (χ2n) is 6.24. The molecule has 0 aliphatic rings. The molecule has 0 atom stereocenters. The van der Waals surface area contributed by atoms with Crippen molar-refractivity contribution in [3.05, 3.63) is 64.8 Å². The summed E-state index contributed by atoms with van der Waals surface area (Å²) in [5.41, 5.74) is -0.245. The summed E-state index contributed by atoms with van der Waals surface area (Å²) in [7, 11) is -2.20. The number of aromatic nitrogens is 1. The quantitative estimate of drug-likeness (QED) is 0.481. The van der Waals surface area contributed by atoms with Gasteiger partial charge in [-0.15, -0.1) is 0 Å². The normalized spacial score (nSPS) is 12.1. The number of hydrogen-bond acceptors (Lipinski definition) is 4. The summed E-state index contributed by atoms with van der Waals surface area (Å²) in [5, 5.41) is 0. The Morgan fingerprint density at radius 1 is 0.966 bits per heavy atom. The van der Waals surface area contributed by atoms with Crippen LogP contribution in [0.15, 0.2) is 64.0 Å². The summed E-state index contributed by atoms with van der Waals surface area (Å²) in [6, 6.07) is 13.4. The van der Waals surface area contributed by atoms with Gasteiger partial charge < -0.3 is 4.74 Å². The molecular formula is C20H15BrF3NO3S. The molecular weight excluding hydrogens is 471 g/mol. The van der Waals surface area contributed by atoms with E-state index in [4.69, 9.17) is 4.74 Å². The molecule has 2 aromatic carbocycles. The fourth-order valence-corrected chi connectivity index (χ4v) is 3.74. The molecule has 9 heteroatoms. The zero-order valence-electron chi connectivity index (χ0n) is 15.3. The molecule has 0 saturated carbocycles. The molecule has 3 aromatic rings. The van der Waals surface area contributed by atoms with Gasteiger partial charge in [-0.25, -0.2) is 13.4 Å². The van der Waals surface area contributed by atoms with E-state index in [1.54, 1.807) is 24.3 Å². The Hall–Kier alpha value is -2.39. The molecule has 3 rings (SSSR count). The highest BCUT2D eigenvalue weighted by molar-refractivity contribution is 9.10. The fourth-order valence-electron chi connectivity index (χ4n) is 2.85. The largest absolute Gasteiger partial charge is 0.481 e. The number of nitrogens with zero attached hydrogens (tertiary/aromatic N) is 1. The van der Waals surface area contributed by atoms with Crippen LogP contribution in [0, 0.1) is 0 Å². The Morgan fingerprint density at radius 3 is 2.00 bits per heavy atom. The number of halogens is 4. The standard InChI is InChI=1S/C20H15BrF3NO3S/c1-28-17-11-16(12-5-9-15(10-6-12)29(2,26)27)18(19(25-17)20(22,23)24)13-3-7-14(21)8-4-13/h3-11H,1-2H3. The van der Waals surface area contributed by atoms with Crippen molar-refractivity contribution in [2.75, 3.05) is 13.4 Å². The number of methoxy groups -OCH3 is 1. The third kappa shape index (κ3) is 4.62. The molecule has 0 fully saturated rings. The number of ether oxygens (including phenoxy) is 1. The van der Waals surface area contributed by atoms with Gasteiger partial charge in [0.1, 0.15) is 0 Å². The number of rotatable bonds is 4. The van der Waals surface area contributed by atoms with E-state index in [9.17, 15) is 21.6 Å². The minimum atomic E-state index is -4.72. The predicted molar refractivity (Wildman–Crippen MR) is 107 cm³/mol. The van der Waals surface area contributed by atoms with Gasteiger partial charge in [-0.3, -0.25) is 0 Å². The van der Waals surface area contributed by atoms with Crippen molar-refractivity contribution in [2.24, 2.45) is 0 Å². The van der Waals surface area contributed by atoms with Crippen LogP contribution in [0.1, 0.15) is 5.69 Å².